The van der Waals surface area contributed by atoms with Gasteiger partial charge in [0.05, 0.1) is 12.0 Å². The molecule has 0 radical (unpaired) electrons. The lowest BCUT2D eigenvalue weighted by Crippen LogP contribution is -2.05. The summed E-state index contributed by atoms with van der Waals surface area (Å²) >= 11 is 0. The molecule has 0 unspecified atom stereocenters. The number of ether oxygens (including phenoxy) is 1. The monoisotopic (exact) mass is 228 g/mol. The van der Waals surface area contributed by atoms with Crippen molar-refractivity contribution in [3.8, 4) is 5.75 Å². The Bertz CT molecular complexity index is 487. The summed E-state index contributed by atoms with van der Waals surface area (Å²) in [6.07, 6.45) is 1.23. The van der Waals surface area contributed by atoms with Crippen LogP contribution in [-0.2, 0) is 9.84 Å². The third-order valence-electron chi connectivity index (χ3n) is 2.57. The van der Waals surface area contributed by atoms with Gasteiger partial charge in [-0.1, -0.05) is 0 Å². The topological polar surface area (TPSA) is 43.4 Å². The van der Waals surface area contributed by atoms with Gasteiger partial charge in [-0.05, 0) is 43.5 Å². The SMILES string of the molecule is COc1cc(C)c(S(C)(=O)=O)c(C)c1C. The fraction of sp³-hybridized carbons (Fsp3) is 0.455. The first-order chi connectivity index (χ1) is 6.79. The smallest absolute Gasteiger partial charge is 0.176 e. The molecule has 1 aromatic carbocycles. The number of hydrogen-bond donors (Lipinski definition) is 0. The van der Waals surface area contributed by atoms with E-state index in [1.54, 1.807) is 27.0 Å². The molecule has 0 N–H and O–H groups in total. The van der Waals surface area contributed by atoms with Crippen LogP contribution in [0, 0.1) is 20.8 Å². The van der Waals surface area contributed by atoms with E-state index in [2.05, 4.69) is 0 Å². The zero-order chi connectivity index (χ0) is 11.8. The summed E-state index contributed by atoms with van der Waals surface area (Å²) in [6.45, 7) is 5.45. The molecule has 0 aliphatic carbocycles. The van der Waals surface area contributed by atoms with Crippen molar-refractivity contribution in [2.45, 2.75) is 25.7 Å². The Kier molecular flexibility index (Phi) is 3.09. The molecule has 4 heteroatoms. The molecule has 0 aromatic heterocycles. The highest BCUT2D eigenvalue weighted by molar-refractivity contribution is 7.90. The lowest BCUT2D eigenvalue weighted by atomic mass is 10.1. The Morgan fingerprint density at radius 2 is 1.67 bits per heavy atom. The fourth-order valence-electron chi connectivity index (χ4n) is 1.80. The molecular formula is C11H16O3S. The van der Waals surface area contributed by atoms with Gasteiger partial charge in [0.2, 0.25) is 0 Å². The molecule has 0 fully saturated rings. The van der Waals surface area contributed by atoms with E-state index in [9.17, 15) is 8.42 Å². The minimum absolute atomic E-state index is 0.417. The lowest BCUT2D eigenvalue weighted by Gasteiger charge is -2.14. The van der Waals surface area contributed by atoms with Crippen LogP contribution >= 0.6 is 0 Å². The number of sulfone groups is 1. The van der Waals surface area contributed by atoms with Gasteiger partial charge in [0, 0.05) is 6.26 Å². The predicted molar refractivity (Wildman–Crippen MR) is 60.3 cm³/mol. The Labute approximate surface area is 91.0 Å². The van der Waals surface area contributed by atoms with Gasteiger partial charge in [0.15, 0.2) is 9.84 Å². The molecule has 0 spiro atoms. The molecule has 0 saturated carbocycles. The van der Waals surface area contributed by atoms with Crippen LogP contribution in [0.3, 0.4) is 0 Å². The Balaban J connectivity index is 3.65. The molecule has 1 aromatic rings. The van der Waals surface area contributed by atoms with E-state index in [0.717, 1.165) is 22.4 Å². The van der Waals surface area contributed by atoms with Crippen molar-refractivity contribution in [2.24, 2.45) is 0 Å². The molecule has 0 atom stereocenters. The van der Waals surface area contributed by atoms with E-state index in [1.807, 2.05) is 6.92 Å². The molecule has 0 aliphatic heterocycles. The summed E-state index contributed by atoms with van der Waals surface area (Å²) < 4.78 is 28.4. The minimum atomic E-state index is -3.17. The van der Waals surface area contributed by atoms with Crippen LogP contribution < -0.4 is 4.74 Å². The highest BCUT2D eigenvalue weighted by Crippen LogP contribution is 2.30. The summed E-state index contributed by atoms with van der Waals surface area (Å²) in [5.74, 6) is 0.734. The molecule has 0 aliphatic rings. The Morgan fingerprint density at radius 1 is 1.13 bits per heavy atom. The molecule has 0 heterocycles. The van der Waals surface area contributed by atoms with E-state index in [0.29, 0.717) is 4.90 Å². The van der Waals surface area contributed by atoms with E-state index in [1.165, 1.54) is 6.26 Å². The van der Waals surface area contributed by atoms with Crippen molar-refractivity contribution in [3.63, 3.8) is 0 Å². The maximum Gasteiger partial charge on any atom is 0.176 e. The van der Waals surface area contributed by atoms with Gasteiger partial charge >= 0.3 is 0 Å². The van der Waals surface area contributed by atoms with Crippen LogP contribution in [-0.4, -0.2) is 21.8 Å². The van der Waals surface area contributed by atoms with Crippen molar-refractivity contribution in [2.75, 3.05) is 13.4 Å². The van der Waals surface area contributed by atoms with Crippen molar-refractivity contribution >= 4 is 9.84 Å². The van der Waals surface area contributed by atoms with Crippen molar-refractivity contribution in [3.05, 3.63) is 22.8 Å². The highest BCUT2D eigenvalue weighted by atomic mass is 32.2. The van der Waals surface area contributed by atoms with Crippen molar-refractivity contribution < 1.29 is 13.2 Å². The Morgan fingerprint density at radius 3 is 2.07 bits per heavy atom. The summed E-state index contributed by atoms with van der Waals surface area (Å²) in [6, 6.07) is 1.76. The number of rotatable bonds is 2. The first-order valence-electron chi connectivity index (χ1n) is 4.64. The molecule has 0 saturated heterocycles. The van der Waals surface area contributed by atoms with Gasteiger partial charge < -0.3 is 4.74 Å². The zero-order valence-electron chi connectivity index (χ0n) is 9.71. The standard InChI is InChI=1S/C11H16O3S/c1-7-6-10(14-4)8(2)9(3)11(7)15(5,12)13/h6H,1-5H3. The zero-order valence-corrected chi connectivity index (χ0v) is 10.5. The number of hydrogen-bond acceptors (Lipinski definition) is 3. The van der Waals surface area contributed by atoms with Crippen LogP contribution in [0.4, 0.5) is 0 Å². The second kappa shape index (κ2) is 3.85. The molecule has 15 heavy (non-hydrogen) atoms. The molecular weight excluding hydrogens is 212 g/mol. The third-order valence-corrected chi connectivity index (χ3v) is 3.94. The van der Waals surface area contributed by atoms with E-state index >= 15 is 0 Å². The first-order valence-corrected chi connectivity index (χ1v) is 6.53. The van der Waals surface area contributed by atoms with Crippen LogP contribution in [0.1, 0.15) is 16.7 Å². The predicted octanol–water partition coefficient (Wildman–Crippen LogP) is 2.02. The molecule has 84 valence electrons. The van der Waals surface area contributed by atoms with Crippen molar-refractivity contribution in [1.29, 1.82) is 0 Å². The second-order valence-electron chi connectivity index (χ2n) is 3.75. The first kappa shape index (κ1) is 12.0. The van der Waals surface area contributed by atoms with Crippen LogP contribution in [0.2, 0.25) is 0 Å². The molecule has 0 amide bonds. The maximum atomic E-state index is 11.6. The second-order valence-corrected chi connectivity index (χ2v) is 5.70. The fourth-order valence-corrected chi connectivity index (χ4v) is 3.16. The number of benzene rings is 1. The summed E-state index contributed by atoms with van der Waals surface area (Å²) in [5.41, 5.74) is 2.38. The normalized spacial score (nSPS) is 11.5. The third kappa shape index (κ3) is 2.15. The van der Waals surface area contributed by atoms with Crippen LogP contribution in [0.25, 0.3) is 0 Å². The van der Waals surface area contributed by atoms with Crippen molar-refractivity contribution in [1.82, 2.24) is 0 Å². The largest absolute Gasteiger partial charge is 0.496 e. The van der Waals surface area contributed by atoms with Crippen LogP contribution in [0.15, 0.2) is 11.0 Å². The average Bonchev–Trinajstić information content (AvgIpc) is 2.09. The minimum Gasteiger partial charge on any atom is -0.496 e. The van der Waals surface area contributed by atoms with E-state index < -0.39 is 9.84 Å². The summed E-state index contributed by atoms with van der Waals surface area (Å²) in [7, 11) is -1.58. The number of aryl methyl sites for hydroxylation is 1. The summed E-state index contributed by atoms with van der Waals surface area (Å²) in [5, 5.41) is 0. The van der Waals surface area contributed by atoms with Gasteiger partial charge in [-0.15, -0.1) is 0 Å². The Hall–Kier alpha value is -1.03. The highest BCUT2D eigenvalue weighted by Gasteiger charge is 2.18. The van der Waals surface area contributed by atoms with Gasteiger partial charge in [0.1, 0.15) is 5.75 Å². The van der Waals surface area contributed by atoms with Gasteiger partial charge in [0.25, 0.3) is 0 Å². The van der Waals surface area contributed by atoms with Gasteiger partial charge in [-0.3, -0.25) is 0 Å². The van der Waals surface area contributed by atoms with Gasteiger partial charge in [-0.2, -0.15) is 0 Å². The van der Waals surface area contributed by atoms with E-state index in [-0.39, 0.29) is 0 Å². The molecule has 1 rings (SSSR count). The average molecular weight is 228 g/mol. The number of methoxy groups -OCH3 is 1. The molecule has 3 nitrogen and oxygen atoms in total. The molecule has 0 bridgehead atoms. The van der Waals surface area contributed by atoms with Gasteiger partial charge in [-0.25, -0.2) is 8.42 Å². The lowest BCUT2D eigenvalue weighted by molar-refractivity contribution is 0.410. The quantitative estimate of drug-likeness (QED) is 0.778. The van der Waals surface area contributed by atoms with Crippen LogP contribution in [0.5, 0.6) is 5.75 Å². The van der Waals surface area contributed by atoms with E-state index in [4.69, 9.17) is 4.74 Å². The maximum absolute atomic E-state index is 11.6. The summed E-state index contributed by atoms with van der Waals surface area (Å²) in [4.78, 5) is 0.417.